The van der Waals surface area contributed by atoms with Gasteiger partial charge in [-0.2, -0.15) is 4.98 Å². The van der Waals surface area contributed by atoms with Crippen LogP contribution in [0.2, 0.25) is 0 Å². The van der Waals surface area contributed by atoms with Crippen molar-refractivity contribution in [3.8, 4) is 5.88 Å². The van der Waals surface area contributed by atoms with Gasteiger partial charge in [-0.05, 0) is 19.4 Å². The molecule has 1 unspecified atom stereocenters. The van der Waals surface area contributed by atoms with Crippen LogP contribution in [0.4, 0.5) is 5.82 Å². The van der Waals surface area contributed by atoms with Crippen molar-refractivity contribution in [3.63, 3.8) is 0 Å². The zero-order valence-electron chi connectivity index (χ0n) is 11.9. The first kappa shape index (κ1) is 14.8. The molecule has 0 radical (unpaired) electrons. The molecule has 1 aromatic carbocycles. The van der Waals surface area contributed by atoms with E-state index in [-0.39, 0.29) is 0 Å². The number of rotatable bonds is 6. The van der Waals surface area contributed by atoms with Gasteiger partial charge >= 0.3 is 5.97 Å². The standard InChI is InChI=1S/C15H17N3O3/c1-3-21-13-9-12(16-10(2)17-13)18-14(15(19)20)11-7-5-4-6-8-11/h4-9,14H,3H2,1-2H3,(H,19,20)(H,16,17,18). The van der Waals surface area contributed by atoms with E-state index in [1.165, 1.54) is 0 Å². The molecule has 0 saturated carbocycles. The largest absolute Gasteiger partial charge is 0.479 e. The summed E-state index contributed by atoms with van der Waals surface area (Å²) in [6.45, 7) is 4.07. The van der Waals surface area contributed by atoms with Crippen LogP contribution in [-0.4, -0.2) is 27.7 Å². The van der Waals surface area contributed by atoms with Crippen LogP contribution in [-0.2, 0) is 4.79 Å². The van der Waals surface area contributed by atoms with Gasteiger partial charge in [-0.15, -0.1) is 0 Å². The molecule has 0 aliphatic heterocycles. The predicted molar refractivity (Wildman–Crippen MR) is 78.4 cm³/mol. The van der Waals surface area contributed by atoms with Crippen LogP contribution >= 0.6 is 0 Å². The van der Waals surface area contributed by atoms with Gasteiger partial charge in [0.25, 0.3) is 0 Å². The number of carbonyl (C=O) groups is 1. The second kappa shape index (κ2) is 6.69. The Morgan fingerprint density at radius 1 is 1.33 bits per heavy atom. The second-order valence-electron chi connectivity index (χ2n) is 4.40. The van der Waals surface area contributed by atoms with Crippen LogP contribution in [0.25, 0.3) is 0 Å². The zero-order valence-corrected chi connectivity index (χ0v) is 11.9. The Hall–Kier alpha value is -2.63. The van der Waals surface area contributed by atoms with Crippen molar-refractivity contribution in [1.29, 1.82) is 0 Å². The number of hydrogen-bond acceptors (Lipinski definition) is 5. The summed E-state index contributed by atoms with van der Waals surface area (Å²) in [6, 6.07) is 9.65. The van der Waals surface area contributed by atoms with Crippen molar-refractivity contribution in [2.75, 3.05) is 11.9 Å². The fourth-order valence-corrected chi connectivity index (χ4v) is 1.92. The van der Waals surface area contributed by atoms with E-state index in [1.54, 1.807) is 37.3 Å². The summed E-state index contributed by atoms with van der Waals surface area (Å²) in [5.74, 6) is 0.378. The smallest absolute Gasteiger partial charge is 0.330 e. The Bertz CT molecular complexity index is 617. The molecule has 2 aromatic rings. The Labute approximate surface area is 122 Å². The highest BCUT2D eigenvalue weighted by Gasteiger charge is 2.20. The SMILES string of the molecule is CCOc1cc(NC(C(=O)O)c2ccccc2)nc(C)n1. The van der Waals surface area contributed by atoms with Gasteiger partial charge < -0.3 is 15.2 Å². The van der Waals surface area contributed by atoms with Gasteiger partial charge in [0.1, 0.15) is 11.6 Å². The molecule has 21 heavy (non-hydrogen) atoms. The number of aromatic nitrogens is 2. The molecule has 110 valence electrons. The average Bonchev–Trinajstić information content (AvgIpc) is 2.45. The summed E-state index contributed by atoms with van der Waals surface area (Å²) < 4.78 is 5.34. The number of aryl methyl sites for hydroxylation is 1. The number of nitrogens with one attached hydrogen (secondary N) is 1. The maximum Gasteiger partial charge on any atom is 0.330 e. The van der Waals surface area contributed by atoms with Gasteiger partial charge in [-0.3, -0.25) is 0 Å². The molecule has 1 heterocycles. The molecule has 0 aliphatic rings. The van der Waals surface area contributed by atoms with E-state index in [1.807, 2.05) is 13.0 Å². The highest BCUT2D eigenvalue weighted by atomic mass is 16.5. The number of anilines is 1. The molecule has 1 aromatic heterocycles. The van der Waals surface area contributed by atoms with Gasteiger partial charge in [0.2, 0.25) is 5.88 Å². The molecular formula is C15H17N3O3. The minimum atomic E-state index is -0.976. The average molecular weight is 287 g/mol. The lowest BCUT2D eigenvalue weighted by atomic mass is 10.1. The molecule has 0 amide bonds. The summed E-state index contributed by atoms with van der Waals surface area (Å²) in [4.78, 5) is 19.8. The lowest BCUT2D eigenvalue weighted by Crippen LogP contribution is -2.21. The fraction of sp³-hybridized carbons (Fsp3) is 0.267. The number of carboxylic acids is 1. The van der Waals surface area contributed by atoms with Crippen LogP contribution in [0.1, 0.15) is 24.4 Å². The third-order valence-corrected chi connectivity index (χ3v) is 2.78. The number of carboxylic acid groups (broad SMARTS) is 1. The fourth-order valence-electron chi connectivity index (χ4n) is 1.92. The summed E-state index contributed by atoms with van der Waals surface area (Å²) >= 11 is 0. The number of hydrogen-bond donors (Lipinski definition) is 2. The molecule has 0 spiro atoms. The van der Waals surface area contributed by atoms with Crippen molar-refractivity contribution in [2.24, 2.45) is 0 Å². The lowest BCUT2D eigenvalue weighted by Gasteiger charge is -2.16. The molecule has 6 heteroatoms. The summed E-state index contributed by atoms with van der Waals surface area (Å²) in [5.41, 5.74) is 0.652. The van der Waals surface area contributed by atoms with Crippen LogP contribution in [0.3, 0.4) is 0 Å². The quantitative estimate of drug-likeness (QED) is 0.848. The summed E-state index contributed by atoms with van der Waals surface area (Å²) in [7, 11) is 0. The molecular weight excluding hydrogens is 270 g/mol. The first-order valence-electron chi connectivity index (χ1n) is 6.63. The van der Waals surface area contributed by atoms with Gasteiger partial charge in [0.15, 0.2) is 6.04 Å². The molecule has 0 aliphatic carbocycles. The van der Waals surface area contributed by atoms with Crippen LogP contribution < -0.4 is 10.1 Å². The number of nitrogens with zero attached hydrogens (tertiary/aromatic N) is 2. The minimum Gasteiger partial charge on any atom is -0.479 e. The van der Waals surface area contributed by atoms with Gasteiger partial charge in [-0.25, -0.2) is 9.78 Å². The molecule has 2 N–H and O–H groups in total. The van der Waals surface area contributed by atoms with Crippen molar-refractivity contribution in [2.45, 2.75) is 19.9 Å². The van der Waals surface area contributed by atoms with E-state index in [0.29, 0.717) is 29.7 Å². The van der Waals surface area contributed by atoms with Crippen LogP contribution in [0.5, 0.6) is 5.88 Å². The number of benzene rings is 1. The topological polar surface area (TPSA) is 84.3 Å². The highest BCUT2D eigenvalue weighted by molar-refractivity contribution is 5.78. The van der Waals surface area contributed by atoms with Crippen molar-refractivity contribution < 1.29 is 14.6 Å². The Kier molecular flexibility index (Phi) is 4.71. The molecule has 0 saturated heterocycles. The zero-order chi connectivity index (χ0) is 15.2. The van der Waals surface area contributed by atoms with Gasteiger partial charge in [0.05, 0.1) is 6.61 Å². The third-order valence-electron chi connectivity index (χ3n) is 2.78. The van der Waals surface area contributed by atoms with E-state index in [4.69, 9.17) is 4.74 Å². The number of ether oxygens (including phenoxy) is 1. The maximum atomic E-state index is 11.5. The Morgan fingerprint density at radius 2 is 2.05 bits per heavy atom. The van der Waals surface area contributed by atoms with Gasteiger partial charge in [0, 0.05) is 6.07 Å². The first-order chi connectivity index (χ1) is 10.1. The Morgan fingerprint density at radius 3 is 2.67 bits per heavy atom. The normalized spacial score (nSPS) is 11.7. The Balaban J connectivity index is 2.27. The van der Waals surface area contributed by atoms with E-state index >= 15 is 0 Å². The van der Waals surface area contributed by atoms with Crippen molar-refractivity contribution in [1.82, 2.24) is 9.97 Å². The van der Waals surface area contributed by atoms with E-state index in [9.17, 15) is 9.90 Å². The predicted octanol–water partition coefficient (Wildman–Crippen LogP) is 2.42. The maximum absolute atomic E-state index is 11.5. The highest BCUT2D eigenvalue weighted by Crippen LogP contribution is 2.21. The summed E-state index contributed by atoms with van der Waals surface area (Å²) in [5, 5.41) is 12.3. The number of aliphatic carboxylic acids is 1. The van der Waals surface area contributed by atoms with E-state index in [2.05, 4.69) is 15.3 Å². The first-order valence-corrected chi connectivity index (χ1v) is 6.63. The minimum absolute atomic E-state index is 0.419. The van der Waals surface area contributed by atoms with E-state index in [0.717, 1.165) is 0 Å². The second-order valence-corrected chi connectivity index (χ2v) is 4.40. The van der Waals surface area contributed by atoms with Crippen LogP contribution in [0, 0.1) is 6.92 Å². The van der Waals surface area contributed by atoms with Gasteiger partial charge in [-0.1, -0.05) is 30.3 Å². The summed E-state index contributed by atoms with van der Waals surface area (Å²) in [6.07, 6.45) is 0. The van der Waals surface area contributed by atoms with Crippen LogP contribution in [0.15, 0.2) is 36.4 Å². The molecule has 1 atom stereocenters. The lowest BCUT2D eigenvalue weighted by molar-refractivity contribution is -0.138. The van der Waals surface area contributed by atoms with Crippen molar-refractivity contribution in [3.05, 3.63) is 47.8 Å². The molecule has 0 bridgehead atoms. The van der Waals surface area contributed by atoms with E-state index < -0.39 is 12.0 Å². The third kappa shape index (κ3) is 3.92. The van der Waals surface area contributed by atoms with Crippen molar-refractivity contribution >= 4 is 11.8 Å². The molecule has 6 nitrogen and oxygen atoms in total. The monoisotopic (exact) mass is 287 g/mol. The molecule has 0 fully saturated rings. The molecule has 2 rings (SSSR count).